The van der Waals surface area contributed by atoms with E-state index in [1.165, 1.54) is 40.7 Å². The minimum Gasteiger partial charge on any atom is -0.479 e. The number of hydrogen-bond donors (Lipinski definition) is 0. The third-order valence-electron chi connectivity index (χ3n) is 4.11. The van der Waals surface area contributed by atoms with E-state index in [0.29, 0.717) is 5.56 Å². The van der Waals surface area contributed by atoms with E-state index in [2.05, 4.69) is 0 Å². The van der Waals surface area contributed by atoms with Crippen molar-refractivity contribution >= 4 is 15.7 Å². The van der Waals surface area contributed by atoms with Crippen molar-refractivity contribution in [1.29, 1.82) is 0 Å². The van der Waals surface area contributed by atoms with Crippen molar-refractivity contribution in [2.75, 3.05) is 13.1 Å². The van der Waals surface area contributed by atoms with Gasteiger partial charge in [0.25, 0.3) is 0 Å². The first kappa shape index (κ1) is 20.8. The van der Waals surface area contributed by atoms with Crippen molar-refractivity contribution in [2.24, 2.45) is 0 Å². The fourth-order valence-electron chi connectivity index (χ4n) is 2.60. The van der Waals surface area contributed by atoms with Crippen LogP contribution in [0.3, 0.4) is 0 Å². The summed E-state index contributed by atoms with van der Waals surface area (Å²) in [6.07, 6.45) is -0.588. The maximum absolute atomic E-state index is 13.0. The van der Waals surface area contributed by atoms with E-state index in [4.69, 9.17) is 4.74 Å². The van der Waals surface area contributed by atoms with Gasteiger partial charge in [0.2, 0.25) is 10.0 Å². The van der Waals surface area contributed by atoms with Crippen LogP contribution >= 0.6 is 0 Å². The molecule has 0 aliphatic heterocycles. The van der Waals surface area contributed by atoms with Gasteiger partial charge < -0.3 is 4.74 Å². The Hall–Kier alpha value is -2.52. The van der Waals surface area contributed by atoms with Crippen molar-refractivity contribution in [3.8, 4) is 5.75 Å². The lowest BCUT2D eigenvalue weighted by Gasteiger charge is -2.19. The van der Waals surface area contributed by atoms with Crippen LogP contribution in [0.4, 0.5) is 10.1 Å². The summed E-state index contributed by atoms with van der Waals surface area (Å²) in [6.45, 7) is 5.56. The molecule has 0 amide bonds. The van der Waals surface area contributed by atoms with Gasteiger partial charge in [-0.1, -0.05) is 26.0 Å². The highest BCUT2D eigenvalue weighted by Crippen LogP contribution is 2.34. The molecular formula is C18H21FN2O5S. The van der Waals surface area contributed by atoms with Crippen LogP contribution in [0.25, 0.3) is 0 Å². The van der Waals surface area contributed by atoms with E-state index in [-0.39, 0.29) is 23.7 Å². The van der Waals surface area contributed by atoms with Gasteiger partial charge >= 0.3 is 5.69 Å². The number of ether oxygens (including phenoxy) is 1. The molecule has 0 saturated carbocycles. The van der Waals surface area contributed by atoms with Gasteiger partial charge in [-0.05, 0) is 36.8 Å². The van der Waals surface area contributed by atoms with Gasteiger partial charge in [0.1, 0.15) is 11.9 Å². The Morgan fingerprint density at radius 3 is 2.26 bits per heavy atom. The van der Waals surface area contributed by atoms with Gasteiger partial charge in [0.05, 0.1) is 9.82 Å². The van der Waals surface area contributed by atoms with Gasteiger partial charge in [-0.15, -0.1) is 0 Å². The smallest absolute Gasteiger partial charge is 0.312 e. The predicted molar refractivity (Wildman–Crippen MR) is 98.6 cm³/mol. The minimum atomic E-state index is -3.83. The van der Waals surface area contributed by atoms with Crippen molar-refractivity contribution in [2.45, 2.75) is 31.8 Å². The van der Waals surface area contributed by atoms with E-state index in [0.717, 1.165) is 6.07 Å². The second-order valence-electron chi connectivity index (χ2n) is 5.79. The number of rotatable bonds is 8. The Bertz CT molecular complexity index is 912. The number of nitro groups is 1. The molecule has 2 aromatic carbocycles. The van der Waals surface area contributed by atoms with E-state index < -0.39 is 32.6 Å². The third kappa shape index (κ3) is 4.61. The molecule has 0 bridgehead atoms. The van der Waals surface area contributed by atoms with Crippen molar-refractivity contribution in [1.82, 2.24) is 4.31 Å². The topological polar surface area (TPSA) is 89.8 Å². The quantitative estimate of drug-likeness (QED) is 0.499. The zero-order valence-corrected chi connectivity index (χ0v) is 16.1. The lowest BCUT2D eigenvalue weighted by Crippen LogP contribution is -2.30. The van der Waals surface area contributed by atoms with Gasteiger partial charge in [-0.25, -0.2) is 12.8 Å². The van der Waals surface area contributed by atoms with Crippen molar-refractivity contribution in [3.63, 3.8) is 0 Å². The standard InChI is InChI=1S/C18H21FN2O5S/c1-4-20(5-2)27(24,25)16-10-11-18(17(12-16)21(22)23)26-13(3)14-6-8-15(19)9-7-14/h6-13H,4-5H2,1-3H3/t13-/m1/s1. The zero-order chi connectivity index (χ0) is 20.2. The SMILES string of the molecule is CCN(CC)S(=O)(=O)c1ccc(O[C@H](C)c2ccc(F)cc2)c([N+](=O)[O-])c1. The summed E-state index contributed by atoms with van der Waals surface area (Å²) in [5.41, 5.74) is 0.183. The molecule has 0 aliphatic rings. The Labute approximate surface area is 157 Å². The van der Waals surface area contributed by atoms with Gasteiger partial charge in [0.15, 0.2) is 5.75 Å². The summed E-state index contributed by atoms with van der Waals surface area (Å²) in [5, 5.41) is 11.4. The van der Waals surface area contributed by atoms with Crippen LogP contribution in [0.1, 0.15) is 32.4 Å². The van der Waals surface area contributed by atoms with Crippen LogP contribution in [0.15, 0.2) is 47.4 Å². The molecule has 9 heteroatoms. The summed E-state index contributed by atoms with van der Waals surface area (Å²) in [7, 11) is -3.83. The molecule has 0 unspecified atom stereocenters. The maximum Gasteiger partial charge on any atom is 0.312 e. The Balaban J connectivity index is 2.38. The third-order valence-corrected chi connectivity index (χ3v) is 6.16. The van der Waals surface area contributed by atoms with Crippen LogP contribution in [-0.4, -0.2) is 30.7 Å². The molecule has 0 N–H and O–H groups in total. The highest BCUT2D eigenvalue weighted by atomic mass is 32.2. The molecule has 0 fully saturated rings. The molecule has 0 aliphatic carbocycles. The molecule has 0 heterocycles. The summed E-state index contributed by atoms with van der Waals surface area (Å²) in [6, 6.07) is 9.13. The monoisotopic (exact) mass is 396 g/mol. The average molecular weight is 396 g/mol. The van der Waals surface area contributed by atoms with Crippen LogP contribution in [0, 0.1) is 15.9 Å². The summed E-state index contributed by atoms with van der Waals surface area (Å²) in [4.78, 5) is 10.6. The predicted octanol–water partition coefficient (Wildman–Crippen LogP) is 3.90. The van der Waals surface area contributed by atoms with Crippen molar-refractivity contribution in [3.05, 3.63) is 64.0 Å². The fraction of sp³-hybridized carbons (Fsp3) is 0.333. The number of nitro benzene ring substituents is 1. The van der Waals surface area contributed by atoms with Gasteiger partial charge in [-0.3, -0.25) is 10.1 Å². The van der Waals surface area contributed by atoms with Crippen molar-refractivity contribution < 1.29 is 22.5 Å². The van der Waals surface area contributed by atoms with Crippen LogP contribution in [0.5, 0.6) is 5.75 Å². The zero-order valence-electron chi connectivity index (χ0n) is 15.3. The molecule has 2 aromatic rings. The first-order valence-corrected chi connectivity index (χ1v) is 9.85. The lowest BCUT2D eigenvalue weighted by atomic mass is 10.1. The largest absolute Gasteiger partial charge is 0.479 e. The highest BCUT2D eigenvalue weighted by molar-refractivity contribution is 7.89. The van der Waals surface area contributed by atoms with E-state index >= 15 is 0 Å². The average Bonchev–Trinajstić information content (AvgIpc) is 2.63. The highest BCUT2D eigenvalue weighted by Gasteiger charge is 2.27. The molecule has 146 valence electrons. The second-order valence-corrected chi connectivity index (χ2v) is 7.73. The maximum atomic E-state index is 13.0. The van der Waals surface area contributed by atoms with Crippen LogP contribution in [-0.2, 0) is 10.0 Å². The molecule has 2 rings (SSSR count). The second kappa shape index (κ2) is 8.45. The first-order valence-electron chi connectivity index (χ1n) is 8.41. The Morgan fingerprint density at radius 1 is 1.15 bits per heavy atom. The van der Waals surface area contributed by atoms with Crippen LogP contribution < -0.4 is 4.74 Å². The first-order chi connectivity index (χ1) is 12.7. The fourth-order valence-corrected chi connectivity index (χ4v) is 4.08. The summed E-state index contributed by atoms with van der Waals surface area (Å²) in [5.74, 6) is -0.460. The molecule has 7 nitrogen and oxygen atoms in total. The molecular weight excluding hydrogens is 375 g/mol. The molecule has 27 heavy (non-hydrogen) atoms. The minimum absolute atomic E-state index is 0.0599. The molecule has 0 aromatic heterocycles. The van der Waals surface area contributed by atoms with E-state index in [1.807, 2.05) is 0 Å². The molecule has 0 saturated heterocycles. The normalized spacial score (nSPS) is 12.8. The lowest BCUT2D eigenvalue weighted by molar-refractivity contribution is -0.386. The molecule has 1 atom stereocenters. The summed E-state index contributed by atoms with van der Waals surface area (Å²) >= 11 is 0. The van der Waals surface area contributed by atoms with E-state index in [1.54, 1.807) is 20.8 Å². The number of benzene rings is 2. The molecule has 0 spiro atoms. The number of halogens is 1. The number of sulfonamides is 1. The van der Waals surface area contributed by atoms with Gasteiger partial charge in [0, 0.05) is 19.2 Å². The van der Waals surface area contributed by atoms with Crippen LogP contribution in [0.2, 0.25) is 0 Å². The molecule has 0 radical (unpaired) electrons. The van der Waals surface area contributed by atoms with E-state index in [9.17, 15) is 22.9 Å². The Kier molecular flexibility index (Phi) is 6.50. The Morgan fingerprint density at radius 2 is 1.74 bits per heavy atom. The van der Waals surface area contributed by atoms with Gasteiger partial charge in [-0.2, -0.15) is 4.31 Å². The summed E-state index contributed by atoms with van der Waals surface area (Å²) < 4.78 is 45.1. The number of hydrogen-bond acceptors (Lipinski definition) is 5. The number of nitrogens with zero attached hydrogens (tertiary/aromatic N) is 2.